The summed E-state index contributed by atoms with van der Waals surface area (Å²) in [5.74, 6) is 0.602. The number of halogens is 1. The van der Waals surface area contributed by atoms with Crippen molar-refractivity contribution in [2.24, 2.45) is 5.73 Å². The van der Waals surface area contributed by atoms with Crippen molar-refractivity contribution >= 4 is 22.0 Å². The molecule has 0 atom stereocenters. The molecular formula is C11H14BrNO2. The molecule has 15 heavy (non-hydrogen) atoms. The molecule has 0 aliphatic heterocycles. The fourth-order valence-electron chi connectivity index (χ4n) is 1.16. The van der Waals surface area contributed by atoms with Crippen LogP contribution in [0.2, 0.25) is 0 Å². The minimum atomic E-state index is 0.127. The van der Waals surface area contributed by atoms with Crippen LogP contribution in [-0.2, 0) is 0 Å². The lowest BCUT2D eigenvalue weighted by atomic mass is 10.2. The number of hydrogen-bond donors (Lipinski definition) is 2. The van der Waals surface area contributed by atoms with Crippen LogP contribution in [0.1, 0.15) is 12.5 Å². The monoisotopic (exact) mass is 271 g/mol. The minimum absolute atomic E-state index is 0.127. The largest absolute Gasteiger partial charge is 0.503 e. The van der Waals surface area contributed by atoms with Gasteiger partial charge in [0, 0.05) is 6.54 Å². The maximum absolute atomic E-state index is 9.66. The Morgan fingerprint density at radius 1 is 1.53 bits per heavy atom. The number of hydrogen-bond acceptors (Lipinski definition) is 3. The molecule has 0 bridgehead atoms. The molecular weight excluding hydrogens is 258 g/mol. The van der Waals surface area contributed by atoms with Gasteiger partial charge in [0.25, 0.3) is 0 Å². The van der Waals surface area contributed by atoms with Crippen LogP contribution in [0.15, 0.2) is 22.7 Å². The molecule has 0 aliphatic rings. The van der Waals surface area contributed by atoms with E-state index in [1.165, 1.54) is 0 Å². The maximum atomic E-state index is 9.66. The molecule has 0 saturated heterocycles. The van der Waals surface area contributed by atoms with Gasteiger partial charge in [0.1, 0.15) is 0 Å². The number of phenolic OH excluding ortho intramolecular Hbond substituents is 1. The predicted molar refractivity (Wildman–Crippen MR) is 65.1 cm³/mol. The van der Waals surface area contributed by atoms with Gasteiger partial charge in [-0.25, -0.2) is 0 Å². The Labute approximate surface area is 97.7 Å². The van der Waals surface area contributed by atoms with Crippen molar-refractivity contribution in [2.75, 3.05) is 13.2 Å². The molecule has 0 fully saturated rings. The van der Waals surface area contributed by atoms with Gasteiger partial charge in [-0.2, -0.15) is 0 Å². The quantitative estimate of drug-likeness (QED) is 0.885. The normalized spacial score (nSPS) is 10.9. The van der Waals surface area contributed by atoms with Crippen molar-refractivity contribution < 1.29 is 9.84 Å². The van der Waals surface area contributed by atoms with Crippen LogP contribution in [0, 0.1) is 0 Å². The van der Waals surface area contributed by atoms with E-state index in [-0.39, 0.29) is 5.75 Å². The Morgan fingerprint density at radius 3 is 2.87 bits per heavy atom. The average molecular weight is 272 g/mol. The second kappa shape index (κ2) is 5.78. The van der Waals surface area contributed by atoms with E-state index in [0.29, 0.717) is 23.4 Å². The molecule has 4 heteroatoms. The van der Waals surface area contributed by atoms with Crippen LogP contribution < -0.4 is 10.5 Å². The summed E-state index contributed by atoms with van der Waals surface area (Å²) in [4.78, 5) is 0. The molecule has 0 amide bonds. The zero-order valence-electron chi connectivity index (χ0n) is 8.53. The molecule has 0 aliphatic carbocycles. The average Bonchev–Trinajstić information content (AvgIpc) is 2.22. The van der Waals surface area contributed by atoms with Crippen molar-refractivity contribution in [1.29, 1.82) is 0 Å². The number of nitrogens with two attached hydrogens (primary N) is 1. The summed E-state index contributed by atoms with van der Waals surface area (Å²) < 4.78 is 5.91. The molecule has 3 nitrogen and oxygen atoms in total. The molecule has 0 unspecified atom stereocenters. The Bertz CT molecular complexity index is 364. The van der Waals surface area contributed by atoms with Gasteiger partial charge < -0.3 is 15.6 Å². The number of phenols is 1. The Hall–Kier alpha value is -1.00. The molecule has 1 rings (SSSR count). The van der Waals surface area contributed by atoms with E-state index in [1.54, 1.807) is 6.07 Å². The Kier molecular flexibility index (Phi) is 4.65. The lowest BCUT2D eigenvalue weighted by Crippen LogP contribution is -1.94. The molecule has 0 saturated carbocycles. The van der Waals surface area contributed by atoms with Crippen LogP contribution in [0.25, 0.3) is 6.08 Å². The van der Waals surface area contributed by atoms with Crippen LogP contribution >= 0.6 is 15.9 Å². The lowest BCUT2D eigenvalue weighted by molar-refractivity contribution is 0.317. The summed E-state index contributed by atoms with van der Waals surface area (Å²) >= 11 is 3.26. The second-order valence-corrected chi connectivity index (χ2v) is 3.77. The van der Waals surface area contributed by atoms with E-state index in [9.17, 15) is 5.11 Å². The fraction of sp³-hybridized carbons (Fsp3) is 0.273. The minimum Gasteiger partial charge on any atom is -0.503 e. The van der Waals surface area contributed by atoms with Crippen molar-refractivity contribution in [3.8, 4) is 11.5 Å². The van der Waals surface area contributed by atoms with Gasteiger partial charge in [-0.05, 0) is 40.5 Å². The van der Waals surface area contributed by atoms with Gasteiger partial charge in [0.2, 0.25) is 0 Å². The fourth-order valence-corrected chi connectivity index (χ4v) is 1.62. The Balaban J connectivity index is 3.05. The molecule has 82 valence electrons. The standard InChI is InChI=1S/C11H14BrNO2/c1-2-15-10-7-8(4-3-5-13)6-9(12)11(10)14/h3-4,6-7,14H,2,5,13H2,1H3/b4-3+. The van der Waals surface area contributed by atoms with Crippen molar-refractivity contribution in [2.45, 2.75) is 6.92 Å². The van der Waals surface area contributed by atoms with Gasteiger partial charge in [-0.15, -0.1) is 0 Å². The highest BCUT2D eigenvalue weighted by Gasteiger charge is 2.07. The number of benzene rings is 1. The van der Waals surface area contributed by atoms with E-state index in [2.05, 4.69) is 15.9 Å². The first-order chi connectivity index (χ1) is 7.19. The smallest absolute Gasteiger partial charge is 0.172 e. The first kappa shape index (κ1) is 12.1. The topological polar surface area (TPSA) is 55.5 Å². The SMILES string of the molecule is CCOc1cc(/C=C/CN)cc(Br)c1O. The van der Waals surface area contributed by atoms with Gasteiger partial charge in [-0.1, -0.05) is 12.2 Å². The third-order valence-electron chi connectivity index (χ3n) is 1.80. The van der Waals surface area contributed by atoms with Gasteiger partial charge in [0.15, 0.2) is 11.5 Å². The number of rotatable bonds is 4. The van der Waals surface area contributed by atoms with E-state index >= 15 is 0 Å². The lowest BCUT2D eigenvalue weighted by Gasteiger charge is -2.08. The number of ether oxygens (including phenoxy) is 1. The van der Waals surface area contributed by atoms with E-state index in [4.69, 9.17) is 10.5 Å². The summed E-state index contributed by atoms with van der Waals surface area (Å²) in [6.07, 6.45) is 3.72. The van der Waals surface area contributed by atoms with Crippen LogP contribution in [0.4, 0.5) is 0 Å². The maximum Gasteiger partial charge on any atom is 0.172 e. The molecule has 0 spiro atoms. The first-order valence-electron chi connectivity index (χ1n) is 4.71. The molecule has 0 radical (unpaired) electrons. The summed E-state index contributed by atoms with van der Waals surface area (Å²) in [7, 11) is 0. The molecule has 0 heterocycles. The first-order valence-corrected chi connectivity index (χ1v) is 5.50. The molecule has 1 aromatic rings. The zero-order chi connectivity index (χ0) is 11.3. The van der Waals surface area contributed by atoms with Crippen molar-refractivity contribution in [3.63, 3.8) is 0 Å². The van der Waals surface area contributed by atoms with Crippen LogP contribution in [0.3, 0.4) is 0 Å². The van der Waals surface area contributed by atoms with Gasteiger partial charge in [0.05, 0.1) is 11.1 Å². The highest BCUT2D eigenvalue weighted by Crippen LogP contribution is 2.35. The zero-order valence-corrected chi connectivity index (χ0v) is 10.1. The van der Waals surface area contributed by atoms with Crippen molar-refractivity contribution in [3.05, 3.63) is 28.2 Å². The number of aromatic hydroxyl groups is 1. The van der Waals surface area contributed by atoms with Crippen molar-refractivity contribution in [1.82, 2.24) is 0 Å². The van der Waals surface area contributed by atoms with Gasteiger partial charge in [-0.3, -0.25) is 0 Å². The third-order valence-corrected chi connectivity index (χ3v) is 2.40. The highest BCUT2D eigenvalue weighted by molar-refractivity contribution is 9.10. The summed E-state index contributed by atoms with van der Waals surface area (Å²) in [6.45, 7) is 2.88. The predicted octanol–water partition coefficient (Wildman–Crippen LogP) is 2.53. The third kappa shape index (κ3) is 3.25. The second-order valence-electron chi connectivity index (χ2n) is 2.92. The molecule has 0 aromatic heterocycles. The van der Waals surface area contributed by atoms with E-state index in [0.717, 1.165) is 5.56 Å². The summed E-state index contributed by atoms with van der Waals surface area (Å²) in [6, 6.07) is 3.58. The molecule has 3 N–H and O–H groups in total. The van der Waals surface area contributed by atoms with Crippen LogP contribution in [0.5, 0.6) is 11.5 Å². The van der Waals surface area contributed by atoms with Gasteiger partial charge >= 0.3 is 0 Å². The highest BCUT2D eigenvalue weighted by atomic mass is 79.9. The van der Waals surface area contributed by atoms with E-state index < -0.39 is 0 Å². The summed E-state index contributed by atoms with van der Waals surface area (Å²) in [5.41, 5.74) is 6.30. The Morgan fingerprint density at radius 2 is 2.27 bits per heavy atom. The van der Waals surface area contributed by atoms with E-state index in [1.807, 2.05) is 25.1 Å². The van der Waals surface area contributed by atoms with Crippen LogP contribution in [-0.4, -0.2) is 18.3 Å². The molecule has 1 aromatic carbocycles. The summed E-state index contributed by atoms with van der Waals surface area (Å²) in [5, 5.41) is 9.66.